The summed E-state index contributed by atoms with van der Waals surface area (Å²) in [4.78, 5) is 12.3. The van der Waals surface area contributed by atoms with E-state index in [1.165, 1.54) is 11.3 Å². The maximum Gasteiger partial charge on any atom is 0.320 e. The number of aromatic nitrogens is 4. The molecule has 25 heavy (non-hydrogen) atoms. The lowest BCUT2D eigenvalue weighted by Gasteiger charge is -2.22. The normalized spacial score (nSPS) is 16.3. The van der Waals surface area contributed by atoms with Crippen molar-refractivity contribution >= 4 is 11.8 Å². The fourth-order valence-electron chi connectivity index (χ4n) is 3.17. The van der Waals surface area contributed by atoms with Crippen LogP contribution in [0.15, 0.2) is 42.7 Å². The minimum absolute atomic E-state index is 0.113. The van der Waals surface area contributed by atoms with Gasteiger partial charge >= 0.3 is 6.03 Å². The minimum atomic E-state index is -0.224. The van der Waals surface area contributed by atoms with Gasteiger partial charge in [-0.2, -0.15) is 5.10 Å². The second-order valence-corrected chi connectivity index (χ2v) is 6.35. The topological polar surface area (TPSA) is 87.6 Å². The van der Waals surface area contributed by atoms with E-state index in [4.69, 9.17) is 0 Å². The van der Waals surface area contributed by atoms with Crippen LogP contribution < -0.4 is 10.6 Å². The van der Waals surface area contributed by atoms with E-state index in [0.29, 0.717) is 5.82 Å². The van der Waals surface area contributed by atoms with Crippen molar-refractivity contribution in [2.24, 2.45) is 0 Å². The molecule has 7 nitrogen and oxygen atoms in total. The molecule has 0 unspecified atom stereocenters. The van der Waals surface area contributed by atoms with Crippen molar-refractivity contribution in [3.8, 4) is 5.69 Å². The average Bonchev–Trinajstić information content (AvgIpc) is 3.22. The van der Waals surface area contributed by atoms with Crippen LogP contribution in [0.4, 0.5) is 10.6 Å². The minimum Gasteiger partial charge on any atom is -0.335 e. The van der Waals surface area contributed by atoms with E-state index in [1.54, 1.807) is 4.68 Å². The van der Waals surface area contributed by atoms with Crippen molar-refractivity contribution in [2.45, 2.75) is 32.2 Å². The van der Waals surface area contributed by atoms with Gasteiger partial charge in [-0.15, -0.1) is 5.10 Å². The summed E-state index contributed by atoms with van der Waals surface area (Å²) in [5.41, 5.74) is 4.23. The maximum atomic E-state index is 12.3. The number of aromatic amines is 1. The Morgan fingerprint density at radius 3 is 3.00 bits per heavy atom. The van der Waals surface area contributed by atoms with E-state index in [0.717, 1.165) is 30.5 Å². The average molecular weight is 336 g/mol. The fourth-order valence-corrected chi connectivity index (χ4v) is 3.17. The number of hydrogen-bond donors (Lipinski definition) is 3. The van der Waals surface area contributed by atoms with Crippen molar-refractivity contribution in [3.63, 3.8) is 0 Å². The number of benzene rings is 1. The Morgan fingerprint density at radius 2 is 2.16 bits per heavy atom. The molecule has 128 valence electrons. The molecule has 2 heterocycles. The molecule has 2 amide bonds. The summed E-state index contributed by atoms with van der Waals surface area (Å²) in [6, 6.07) is 9.71. The number of fused-ring (bicyclic) bond motifs is 1. The van der Waals surface area contributed by atoms with Crippen molar-refractivity contribution in [2.75, 3.05) is 5.32 Å². The van der Waals surface area contributed by atoms with Crippen LogP contribution in [0.1, 0.15) is 23.2 Å². The Bertz CT molecular complexity index is 882. The van der Waals surface area contributed by atoms with Crippen molar-refractivity contribution in [1.29, 1.82) is 0 Å². The number of carbonyl (C=O) groups excluding carboxylic acids is 1. The first kappa shape index (κ1) is 15.4. The molecule has 3 aromatic rings. The number of nitrogens with one attached hydrogen (secondary N) is 3. The van der Waals surface area contributed by atoms with E-state index in [2.05, 4.69) is 25.9 Å². The molecule has 1 aliphatic rings. The van der Waals surface area contributed by atoms with Gasteiger partial charge < -0.3 is 5.32 Å². The number of hydrogen-bond acceptors (Lipinski definition) is 3. The molecule has 0 saturated heterocycles. The number of nitrogens with zero attached hydrogens (tertiary/aromatic N) is 3. The number of aryl methyl sites for hydroxylation is 2. The summed E-state index contributed by atoms with van der Waals surface area (Å²) < 4.78 is 1.77. The summed E-state index contributed by atoms with van der Waals surface area (Å²) >= 11 is 0. The predicted octanol–water partition coefficient (Wildman–Crippen LogP) is 2.58. The van der Waals surface area contributed by atoms with Crippen LogP contribution in [0.3, 0.4) is 0 Å². The summed E-state index contributed by atoms with van der Waals surface area (Å²) in [5, 5.41) is 17.4. The summed E-state index contributed by atoms with van der Waals surface area (Å²) in [5.74, 6) is 0.571. The SMILES string of the molecule is Cc1cn(-c2ccccc2)nc1NC(=O)N[C@H]1CCc2[nH]ncc2C1. The summed E-state index contributed by atoms with van der Waals surface area (Å²) in [6.07, 6.45) is 6.36. The number of amides is 2. The summed E-state index contributed by atoms with van der Waals surface area (Å²) in [6.45, 7) is 1.93. The van der Waals surface area contributed by atoms with E-state index in [9.17, 15) is 4.79 Å². The second-order valence-electron chi connectivity index (χ2n) is 6.35. The van der Waals surface area contributed by atoms with Gasteiger partial charge in [0.15, 0.2) is 5.82 Å². The van der Waals surface area contributed by atoms with Crippen LogP contribution in [-0.2, 0) is 12.8 Å². The second kappa shape index (κ2) is 6.43. The molecule has 7 heteroatoms. The molecule has 4 rings (SSSR count). The molecule has 0 saturated carbocycles. The molecule has 2 aromatic heterocycles. The smallest absolute Gasteiger partial charge is 0.320 e. The molecular weight excluding hydrogens is 316 g/mol. The molecule has 0 bridgehead atoms. The van der Waals surface area contributed by atoms with E-state index >= 15 is 0 Å². The van der Waals surface area contributed by atoms with Gasteiger partial charge in [-0.05, 0) is 43.9 Å². The van der Waals surface area contributed by atoms with Gasteiger partial charge in [0.05, 0.1) is 11.9 Å². The van der Waals surface area contributed by atoms with Gasteiger partial charge in [0.1, 0.15) is 0 Å². The Kier molecular flexibility index (Phi) is 3.97. The lowest BCUT2D eigenvalue weighted by atomic mass is 9.94. The number of urea groups is 1. The van der Waals surface area contributed by atoms with Gasteiger partial charge in [-0.3, -0.25) is 10.4 Å². The van der Waals surface area contributed by atoms with Crippen molar-refractivity contribution < 1.29 is 4.79 Å². The number of anilines is 1. The zero-order valence-corrected chi connectivity index (χ0v) is 14.0. The van der Waals surface area contributed by atoms with Crippen LogP contribution >= 0.6 is 0 Å². The third-order valence-electron chi connectivity index (χ3n) is 4.50. The van der Waals surface area contributed by atoms with Crippen molar-refractivity contribution in [3.05, 3.63) is 59.5 Å². The molecule has 0 fully saturated rings. The zero-order chi connectivity index (χ0) is 17.2. The Hall–Kier alpha value is -3.09. The third kappa shape index (κ3) is 3.26. The monoisotopic (exact) mass is 336 g/mol. The van der Waals surface area contributed by atoms with Gasteiger partial charge in [-0.25, -0.2) is 9.48 Å². The Labute approximate surface area is 145 Å². The van der Waals surface area contributed by atoms with E-state index < -0.39 is 0 Å². The van der Waals surface area contributed by atoms with Gasteiger partial charge in [0.25, 0.3) is 0 Å². The predicted molar refractivity (Wildman–Crippen MR) is 94.9 cm³/mol. The lowest BCUT2D eigenvalue weighted by molar-refractivity contribution is 0.247. The van der Waals surface area contributed by atoms with Gasteiger partial charge in [0.2, 0.25) is 0 Å². The van der Waals surface area contributed by atoms with Crippen LogP contribution in [-0.4, -0.2) is 32.1 Å². The first-order valence-electron chi connectivity index (χ1n) is 8.39. The number of para-hydroxylation sites is 1. The largest absolute Gasteiger partial charge is 0.335 e. The molecule has 3 N–H and O–H groups in total. The van der Waals surface area contributed by atoms with Crippen LogP contribution in [0.2, 0.25) is 0 Å². The van der Waals surface area contributed by atoms with Gasteiger partial charge in [0, 0.05) is 23.5 Å². The van der Waals surface area contributed by atoms with Crippen LogP contribution in [0.5, 0.6) is 0 Å². The highest BCUT2D eigenvalue weighted by Gasteiger charge is 2.22. The zero-order valence-electron chi connectivity index (χ0n) is 14.0. The molecule has 1 aromatic carbocycles. The number of rotatable bonds is 3. The molecule has 0 radical (unpaired) electrons. The fraction of sp³-hybridized carbons (Fsp3) is 0.278. The Morgan fingerprint density at radius 1 is 1.32 bits per heavy atom. The number of H-pyrrole nitrogens is 1. The highest BCUT2D eigenvalue weighted by Crippen LogP contribution is 2.19. The third-order valence-corrected chi connectivity index (χ3v) is 4.50. The molecule has 0 spiro atoms. The van der Waals surface area contributed by atoms with Crippen LogP contribution in [0.25, 0.3) is 5.69 Å². The highest BCUT2D eigenvalue weighted by molar-refractivity contribution is 5.89. The van der Waals surface area contributed by atoms with Gasteiger partial charge in [-0.1, -0.05) is 18.2 Å². The molecule has 1 aliphatic carbocycles. The van der Waals surface area contributed by atoms with Crippen molar-refractivity contribution in [1.82, 2.24) is 25.3 Å². The highest BCUT2D eigenvalue weighted by atomic mass is 16.2. The van der Waals surface area contributed by atoms with Crippen LogP contribution in [0, 0.1) is 6.92 Å². The molecular formula is C18H20N6O. The first-order valence-corrected chi connectivity index (χ1v) is 8.39. The lowest BCUT2D eigenvalue weighted by Crippen LogP contribution is -2.41. The van der Waals surface area contributed by atoms with E-state index in [1.807, 2.05) is 49.6 Å². The molecule has 1 atom stereocenters. The standard InChI is InChI=1S/C18H20N6O/c1-12-11-24(15-5-3-2-4-6-15)23-17(12)21-18(25)20-14-7-8-16-13(9-14)10-19-22-16/h2-6,10-11,14H,7-9H2,1H3,(H,19,22)(H2,20,21,23,25)/t14-/m0/s1. The number of carbonyl (C=O) groups is 1. The maximum absolute atomic E-state index is 12.3. The first-order chi connectivity index (χ1) is 12.2. The summed E-state index contributed by atoms with van der Waals surface area (Å²) in [7, 11) is 0. The Balaban J connectivity index is 1.41. The molecule has 0 aliphatic heterocycles. The van der Waals surface area contributed by atoms with E-state index in [-0.39, 0.29) is 12.1 Å². The quantitative estimate of drug-likeness (QED) is 0.687.